The number of hydrogen-bond donors (Lipinski definition) is 4. The molecule has 1 aromatic heterocycles. The second kappa shape index (κ2) is 7.92. The number of ether oxygens (including phenoxy) is 1. The molecule has 5 rings (SSSR count). The maximum Gasteiger partial charge on any atom is 0.168 e. The Kier molecular flexibility index (Phi) is 5.37. The van der Waals surface area contributed by atoms with E-state index in [1.165, 1.54) is 22.9 Å². The quantitative estimate of drug-likeness (QED) is 0.492. The Morgan fingerprint density at radius 2 is 1.81 bits per heavy atom. The molecule has 2 aliphatic heterocycles. The molecule has 5 atom stereocenters. The van der Waals surface area contributed by atoms with Crippen LogP contribution in [0.5, 0.6) is 0 Å². The van der Waals surface area contributed by atoms with Crippen molar-refractivity contribution in [1.29, 1.82) is 0 Å². The summed E-state index contributed by atoms with van der Waals surface area (Å²) in [6.45, 7) is 2.06. The molecule has 0 aliphatic carbocycles. The van der Waals surface area contributed by atoms with E-state index in [1.54, 1.807) is 6.26 Å². The van der Waals surface area contributed by atoms with E-state index in [1.807, 2.05) is 12.1 Å². The number of aliphatic hydroxyl groups is 4. The van der Waals surface area contributed by atoms with Gasteiger partial charge in [0.25, 0.3) is 0 Å². The predicted molar refractivity (Wildman–Crippen MR) is 118 cm³/mol. The van der Waals surface area contributed by atoms with Gasteiger partial charge in [0, 0.05) is 22.9 Å². The maximum atomic E-state index is 10.9. The van der Waals surface area contributed by atoms with Crippen molar-refractivity contribution in [2.45, 2.75) is 54.9 Å². The Morgan fingerprint density at radius 3 is 2.52 bits per heavy atom. The van der Waals surface area contributed by atoms with Crippen LogP contribution in [0.3, 0.4) is 0 Å². The van der Waals surface area contributed by atoms with Crippen LogP contribution in [-0.2, 0) is 29.1 Å². The summed E-state index contributed by atoms with van der Waals surface area (Å²) in [5.41, 5.74) is 5.86. The van der Waals surface area contributed by atoms with Crippen molar-refractivity contribution >= 4 is 22.7 Å². The lowest BCUT2D eigenvalue weighted by atomic mass is 9.91. The van der Waals surface area contributed by atoms with Crippen LogP contribution in [0.2, 0.25) is 0 Å². The number of fused-ring (bicyclic) bond motifs is 3. The lowest BCUT2D eigenvalue weighted by Gasteiger charge is -2.45. The first-order valence-corrected chi connectivity index (χ1v) is 11.4. The third-order valence-corrected chi connectivity index (χ3v) is 8.13. The summed E-state index contributed by atoms with van der Waals surface area (Å²) in [5.74, 6) is 0. The molecule has 1 fully saturated rings. The number of benzene rings is 2. The molecule has 164 valence electrons. The molecule has 7 heteroatoms. The van der Waals surface area contributed by atoms with Crippen LogP contribution in [0, 0.1) is 0 Å². The summed E-state index contributed by atoms with van der Waals surface area (Å²) in [6.07, 6.45) is -0.506. The number of furan rings is 1. The van der Waals surface area contributed by atoms with E-state index < -0.39 is 28.5 Å². The molecule has 0 radical (unpaired) electrons. The van der Waals surface area contributed by atoms with E-state index in [0.29, 0.717) is 6.42 Å². The van der Waals surface area contributed by atoms with E-state index in [0.717, 1.165) is 34.1 Å². The molecule has 4 N–H and O–H groups in total. The lowest BCUT2D eigenvalue weighted by molar-refractivity contribution is -0.147. The minimum absolute atomic E-state index is 0.255. The first-order chi connectivity index (χ1) is 15.0. The summed E-state index contributed by atoms with van der Waals surface area (Å²) < 4.78 is 11.8. The van der Waals surface area contributed by atoms with Gasteiger partial charge in [-0.05, 0) is 35.2 Å². The molecule has 0 amide bonds. The van der Waals surface area contributed by atoms with Gasteiger partial charge in [-0.25, -0.2) is 0 Å². The van der Waals surface area contributed by atoms with Gasteiger partial charge < -0.3 is 29.6 Å². The number of rotatable bonds is 4. The molecular formula is C24H26O6S. The van der Waals surface area contributed by atoms with E-state index in [4.69, 9.17) is 9.15 Å². The van der Waals surface area contributed by atoms with Gasteiger partial charge in [0.1, 0.15) is 17.8 Å². The van der Waals surface area contributed by atoms with Crippen molar-refractivity contribution < 1.29 is 29.6 Å². The fourth-order valence-electron chi connectivity index (χ4n) is 4.61. The number of aliphatic hydroxyl groups excluding tert-OH is 4. The van der Waals surface area contributed by atoms with Crippen molar-refractivity contribution in [3.63, 3.8) is 0 Å². The Balaban J connectivity index is 1.55. The zero-order chi connectivity index (χ0) is 21.8. The average molecular weight is 443 g/mol. The molecule has 6 nitrogen and oxygen atoms in total. The number of aryl methyl sites for hydroxylation is 1. The Hall–Kier alpha value is -1.87. The molecular weight excluding hydrogens is 416 g/mol. The zero-order valence-corrected chi connectivity index (χ0v) is 18.0. The second-order valence-corrected chi connectivity index (χ2v) is 9.78. The first-order valence-electron chi connectivity index (χ1n) is 10.5. The van der Waals surface area contributed by atoms with Crippen LogP contribution in [0.4, 0.5) is 0 Å². The van der Waals surface area contributed by atoms with Gasteiger partial charge in [0.05, 0.1) is 30.8 Å². The third-order valence-electron chi connectivity index (χ3n) is 6.47. The topological polar surface area (TPSA) is 103 Å². The second-order valence-electron chi connectivity index (χ2n) is 8.33. The Labute approximate surface area is 184 Å². The van der Waals surface area contributed by atoms with E-state index >= 15 is 0 Å². The summed E-state index contributed by atoms with van der Waals surface area (Å²) in [5, 5.41) is 41.5. The zero-order valence-electron chi connectivity index (χ0n) is 17.2. The van der Waals surface area contributed by atoms with Crippen LogP contribution in [0.1, 0.15) is 34.7 Å². The van der Waals surface area contributed by atoms with Crippen molar-refractivity contribution in [3.05, 3.63) is 70.5 Å². The highest BCUT2D eigenvalue weighted by Gasteiger charge is 2.57. The molecule has 3 heterocycles. The monoisotopic (exact) mass is 442 g/mol. The smallest absolute Gasteiger partial charge is 0.168 e. The summed E-state index contributed by atoms with van der Waals surface area (Å²) in [6, 6.07) is 12.4. The van der Waals surface area contributed by atoms with E-state index in [9.17, 15) is 20.4 Å². The fraction of sp³-hybridized carbons (Fsp3) is 0.417. The summed E-state index contributed by atoms with van der Waals surface area (Å²) in [4.78, 5) is -1.24. The Morgan fingerprint density at radius 1 is 1.06 bits per heavy atom. The SMILES string of the molecule is CCc1ccc(Cc2coc3cc4c(cc23)C2(OC4)S[C@H](CO)[C@@H](O)[C@H](O)[C@H]2O)cc1. The van der Waals surface area contributed by atoms with Crippen molar-refractivity contribution in [1.82, 2.24) is 0 Å². The largest absolute Gasteiger partial charge is 0.464 e. The Bertz CT molecular complexity index is 1090. The third kappa shape index (κ3) is 3.31. The van der Waals surface area contributed by atoms with Gasteiger partial charge in [0.2, 0.25) is 0 Å². The van der Waals surface area contributed by atoms with Gasteiger partial charge in [0.15, 0.2) is 4.93 Å². The van der Waals surface area contributed by atoms with Gasteiger partial charge in [-0.2, -0.15) is 0 Å². The van der Waals surface area contributed by atoms with Crippen LogP contribution in [0.15, 0.2) is 47.1 Å². The van der Waals surface area contributed by atoms with Crippen LogP contribution in [0.25, 0.3) is 11.0 Å². The standard InChI is InChI=1S/C24H26O6S/c1-2-13-3-5-14(6-4-13)7-15-11-29-19-8-16-12-30-24(18(16)9-17(15)19)23(28)22(27)21(26)20(10-25)31-24/h3-6,8-9,11,20-23,25-28H,2,7,10,12H2,1H3/t20-,21-,22+,23-,24?/m1/s1. The molecule has 0 saturated carbocycles. The van der Waals surface area contributed by atoms with Crippen molar-refractivity contribution in [2.24, 2.45) is 0 Å². The van der Waals surface area contributed by atoms with Crippen molar-refractivity contribution in [3.8, 4) is 0 Å². The number of hydrogen-bond acceptors (Lipinski definition) is 7. The van der Waals surface area contributed by atoms with Gasteiger partial charge in [-0.3, -0.25) is 0 Å². The molecule has 2 aromatic carbocycles. The van der Waals surface area contributed by atoms with E-state index in [2.05, 4.69) is 31.2 Å². The molecule has 0 bridgehead atoms. The molecule has 31 heavy (non-hydrogen) atoms. The molecule has 3 aromatic rings. The van der Waals surface area contributed by atoms with Gasteiger partial charge >= 0.3 is 0 Å². The van der Waals surface area contributed by atoms with Crippen LogP contribution < -0.4 is 0 Å². The van der Waals surface area contributed by atoms with E-state index in [-0.39, 0.29) is 13.2 Å². The predicted octanol–water partition coefficient (Wildman–Crippen LogP) is 2.46. The minimum atomic E-state index is -1.42. The van der Waals surface area contributed by atoms with Gasteiger partial charge in [-0.15, -0.1) is 11.8 Å². The fourth-order valence-corrected chi connectivity index (χ4v) is 6.16. The highest BCUT2D eigenvalue weighted by Crippen LogP contribution is 2.54. The summed E-state index contributed by atoms with van der Waals surface area (Å²) in [7, 11) is 0. The van der Waals surface area contributed by atoms with Crippen LogP contribution in [-0.4, -0.2) is 50.6 Å². The highest BCUT2D eigenvalue weighted by atomic mass is 32.2. The van der Waals surface area contributed by atoms with Crippen molar-refractivity contribution in [2.75, 3.05) is 6.61 Å². The molecule has 1 spiro atoms. The summed E-state index contributed by atoms with van der Waals surface area (Å²) >= 11 is 1.17. The van der Waals surface area contributed by atoms with Gasteiger partial charge in [-0.1, -0.05) is 31.2 Å². The molecule has 1 saturated heterocycles. The maximum absolute atomic E-state index is 10.9. The average Bonchev–Trinajstić information content (AvgIpc) is 3.35. The number of thioether (sulfide) groups is 1. The molecule has 1 unspecified atom stereocenters. The molecule has 2 aliphatic rings. The normalized spacial score (nSPS) is 30.2. The highest BCUT2D eigenvalue weighted by molar-refractivity contribution is 8.00. The first kappa shape index (κ1) is 21.0. The lowest BCUT2D eigenvalue weighted by Crippen LogP contribution is -2.58. The van der Waals surface area contributed by atoms with Crippen LogP contribution >= 0.6 is 11.8 Å². The minimum Gasteiger partial charge on any atom is -0.464 e.